The van der Waals surface area contributed by atoms with Crippen molar-refractivity contribution in [2.75, 3.05) is 54.0 Å². The van der Waals surface area contributed by atoms with Crippen LogP contribution in [0.1, 0.15) is 6.92 Å². The van der Waals surface area contributed by atoms with Gasteiger partial charge in [-0.25, -0.2) is 8.42 Å². The number of carbonyl (C=O) groups is 1. The number of rotatable bonds is 9. The molecule has 0 radical (unpaired) electrons. The zero-order valence-corrected chi connectivity index (χ0v) is 20.4. The lowest BCUT2D eigenvalue weighted by Gasteiger charge is -2.29. The van der Waals surface area contributed by atoms with E-state index in [9.17, 15) is 13.2 Å². The number of sulfonamides is 1. The maximum atomic E-state index is 13.6. The number of nitrogens with zero attached hydrogens (tertiary/aromatic N) is 2. The van der Waals surface area contributed by atoms with Crippen LogP contribution in [0.25, 0.3) is 0 Å². The quantitative estimate of drug-likeness (QED) is 0.486. The number of amides is 1. The van der Waals surface area contributed by atoms with Crippen molar-refractivity contribution in [1.29, 1.82) is 0 Å². The molecule has 4 rings (SSSR count). The van der Waals surface area contributed by atoms with Gasteiger partial charge >= 0.3 is 0 Å². The maximum absolute atomic E-state index is 13.6. The molecule has 0 aliphatic carbocycles. The first kappa shape index (κ1) is 24.6. The predicted molar refractivity (Wildman–Crippen MR) is 137 cm³/mol. The number of nitrogens with one attached hydrogen (secondary N) is 1. The van der Waals surface area contributed by atoms with Crippen LogP contribution in [-0.4, -0.2) is 53.8 Å². The SMILES string of the molecule is CCOc1ccccc1N(CC(=O)Nc1ccc(N2CCOCC2)cc1)S(=O)(=O)c1ccccc1. The van der Waals surface area contributed by atoms with Crippen molar-refractivity contribution in [3.8, 4) is 5.75 Å². The fraction of sp³-hybridized carbons (Fsp3) is 0.269. The smallest absolute Gasteiger partial charge is 0.264 e. The Morgan fingerprint density at radius 3 is 2.31 bits per heavy atom. The Hall–Kier alpha value is -3.56. The van der Waals surface area contributed by atoms with Gasteiger partial charge in [0.1, 0.15) is 12.3 Å². The number of morpholine rings is 1. The van der Waals surface area contributed by atoms with Gasteiger partial charge in [-0.15, -0.1) is 0 Å². The standard InChI is InChI=1S/C26H29N3O5S/c1-2-34-25-11-7-6-10-24(25)29(35(31,32)23-8-4-3-5-9-23)20-26(30)27-21-12-14-22(15-13-21)28-16-18-33-19-17-28/h3-15H,2,16-20H2,1H3,(H,27,30). The highest BCUT2D eigenvalue weighted by atomic mass is 32.2. The lowest BCUT2D eigenvalue weighted by Crippen LogP contribution is -2.38. The summed E-state index contributed by atoms with van der Waals surface area (Å²) in [5.41, 5.74) is 1.93. The minimum Gasteiger partial charge on any atom is -0.492 e. The van der Waals surface area contributed by atoms with E-state index in [0.717, 1.165) is 23.1 Å². The molecule has 0 atom stereocenters. The Morgan fingerprint density at radius 2 is 1.63 bits per heavy atom. The van der Waals surface area contributed by atoms with E-state index in [1.54, 1.807) is 42.5 Å². The van der Waals surface area contributed by atoms with E-state index in [-0.39, 0.29) is 4.90 Å². The molecule has 1 saturated heterocycles. The number of para-hydroxylation sites is 2. The van der Waals surface area contributed by atoms with E-state index in [1.165, 1.54) is 12.1 Å². The van der Waals surface area contributed by atoms with E-state index >= 15 is 0 Å². The van der Waals surface area contributed by atoms with Crippen LogP contribution >= 0.6 is 0 Å². The van der Waals surface area contributed by atoms with Gasteiger partial charge in [0.05, 0.1) is 30.4 Å². The molecule has 35 heavy (non-hydrogen) atoms. The molecule has 184 valence electrons. The summed E-state index contributed by atoms with van der Waals surface area (Å²) in [6.07, 6.45) is 0. The van der Waals surface area contributed by atoms with Gasteiger partial charge < -0.3 is 19.7 Å². The summed E-state index contributed by atoms with van der Waals surface area (Å²) in [4.78, 5) is 15.4. The third kappa shape index (κ3) is 5.93. The molecule has 1 aliphatic heterocycles. The molecule has 0 spiro atoms. The van der Waals surface area contributed by atoms with Crippen molar-refractivity contribution in [2.24, 2.45) is 0 Å². The molecule has 1 aliphatic rings. The number of carbonyl (C=O) groups excluding carboxylic acids is 1. The molecular weight excluding hydrogens is 466 g/mol. The van der Waals surface area contributed by atoms with Crippen LogP contribution in [0, 0.1) is 0 Å². The van der Waals surface area contributed by atoms with E-state index in [0.29, 0.717) is 36.9 Å². The monoisotopic (exact) mass is 495 g/mol. The topological polar surface area (TPSA) is 88.2 Å². The largest absolute Gasteiger partial charge is 0.492 e. The molecule has 1 amide bonds. The predicted octanol–water partition coefficient (Wildman–Crippen LogP) is 3.76. The van der Waals surface area contributed by atoms with Crippen molar-refractivity contribution in [3.05, 3.63) is 78.9 Å². The Morgan fingerprint density at radius 1 is 0.971 bits per heavy atom. The summed E-state index contributed by atoms with van der Waals surface area (Å²) < 4.78 is 39.3. The molecule has 3 aromatic carbocycles. The number of benzene rings is 3. The summed E-state index contributed by atoms with van der Waals surface area (Å²) in [5.74, 6) is -0.0768. The lowest BCUT2D eigenvalue weighted by molar-refractivity contribution is -0.114. The van der Waals surface area contributed by atoms with Crippen molar-refractivity contribution in [3.63, 3.8) is 0 Å². The molecule has 9 heteroatoms. The maximum Gasteiger partial charge on any atom is 0.264 e. The number of hydrogen-bond donors (Lipinski definition) is 1. The zero-order valence-electron chi connectivity index (χ0n) is 19.6. The molecule has 1 fully saturated rings. The molecule has 8 nitrogen and oxygen atoms in total. The number of hydrogen-bond acceptors (Lipinski definition) is 6. The Kier molecular flexibility index (Phi) is 7.89. The van der Waals surface area contributed by atoms with Gasteiger partial charge in [-0.1, -0.05) is 30.3 Å². The van der Waals surface area contributed by atoms with Crippen LogP contribution in [0.2, 0.25) is 0 Å². The Balaban J connectivity index is 1.57. The molecule has 0 aromatic heterocycles. The first-order valence-corrected chi connectivity index (χ1v) is 13.0. The summed E-state index contributed by atoms with van der Waals surface area (Å²) >= 11 is 0. The average Bonchev–Trinajstić information content (AvgIpc) is 2.89. The number of anilines is 3. The third-order valence-electron chi connectivity index (χ3n) is 5.58. The zero-order chi connectivity index (χ0) is 24.7. The van der Waals surface area contributed by atoms with Crippen LogP contribution in [0.3, 0.4) is 0 Å². The van der Waals surface area contributed by atoms with Crippen LogP contribution in [0.15, 0.2) is 83.8 Å². The van der Waals surface area contributed by atoms with Crippen LogP contribution < -0.4 is 19.3 Å². The second-order valence-electron chi connectivity index (χ2n) is 7.92. The summed E-state index contributed by atoms with van der Waals surface area (Å²) in [6, 6.07) is 22.3. The Bertz CT molecular complexity index is 1230. The van der Waals surface area contributed by atoms with Gasteiger partial charge in [0.2, 0.25) is 5.91 Å². The fourth-order valence-electron chi connectivity index (χ4n) is 3.87. The van der Waals surface area contributed by atoms with Gasteiger partial charge in [-0.2, -0.15) is 0 Å². The van der Waals surface area contributed by atoms with Gasteiger partial charge in [0.25, 0.3) is 10.0 Å². The highest BCUT2D eigenvalue weighted by Gasteiger charge is 2.29. The van der Waals surface area contributed by atoms with Crippen LogP contribution in [0.4, 0.5) is 17.1 Å². The molecule has 0 saturated carbocycles. The second-order valence-corrected chi connectivity index (χ2v) is 9.78. The molecule has 0 bridgehead atoms. The lowest BCUT2D eigenvalue weighted by atomic mass is 10.2. The van der Waals surface area contributed by atoms with Crippen LogP contribution in [0.5, 0.6) is 5.75 Å². The summed E-state index contributed by atoms with van der Waals surface area (Å²) in [7, 11) is -4.03. The first-order chi connectivity index (χ1) is 17.0. The molecule has 1 heterocycles. The fourth-order valence-corrected chi connectivity index (χ4v) is 5.32. The second kappa shape index (κ2) is 11.2. The van der Waals surface area contributed by atoms with Crippen molar-refractivity contribution in [2.45, 2.75) is 11.8 Å². The third-order valence-corrected chi connectivity index (χ3v) is 7.35. The highest BCUT2D eigenvalue weighted by Crippen LogP contribution is 2.32. The minimum absolute atomic E-state index is 0.0916. The molecular formula is C26H29N3O5S. The number of ether oxygens (including phenoxy) is 2. The van der Waals surface area contributed by atoms with E-state index < -0.39 is 22.5 Å². The summed E-state index contributed by atoms with van der Waals surface area (Å²) in [6.45, 7) is 4.78. The minimum atomic E-state index is -4.03. The Labute approximate surface area is 206 Å². The molecule has 3 aromatic rings. The summed E-state index contributed by atoms with van der Waals surface area (Å²) in [5, 5.41) is 2.82. The van der Waals surface area contributed by atoms with Crippen molar-refractivity contribution < 1.29 is 22.7 Å². The van der Waals surface area contributed by atoms with Gasteiger partial charge in [0, 0.05) is 24.5 Å². The van der Waals surface area contributed by atoms with E-state index in [1.807, 2.05) is 31.2 Å². The van der Waals surface area contributed by atoms with Crippen LogP contribution in [-0.2, 0) is 19.6 Å². The van der Waals surface area contributed by atoms with Gasteiger partial charge in [-0.3, -0.25) is 9.10 Å². The first-order valence-electron chi connectivity index (χ1n) is 11.5. The van der Waals surface area contributed by atoms with Crippen molar-refractivity contribution in [1.82, 2.24) is 0 Å². The van der Waals surface area contributed by atoms with Gasteiger partial charge in [0.15, 0.2) is 0 Å². The molecule has 1 N–H and O–H groups in total. The van der Waals surface area contributed by atoms with E-state index in [4.69, 9.17) is 9.47 Å². The average molecular weight is 496 g/mol. The normalized spacial score (nSPS) is 13.8. The van der Waals surface area contributed by atoms with E-state index in [2.05, 4.69) is 10.2 Å². The molecule has 0 unspecified atom stereocenters. The highest BCUT2D eigenvalue weighted by molar-refractivity contribution is 7.92. The van der Waals surface area contributed by atoms with Gasteiger partial charge in [-0.05, 0) is 55.5 Å². The van der Waals surface area contributed by atoms with Crippen molar-refractivity contribution >= 4 is 33.0 Å².